The van der Waals surface area contributed by atoms with Crippen LogP contribution in [-0.4, -0.2) is 38.1 Å². The average Bonchev–Trinajstić information content (AvgIpc) is 2.24. The fraction of sp³-hybridized carbons (Fsp3) is 0.538. The van der Waals surface area contributed by atoms with Crippen molar-refractivity contribution in [2.75, 3.05) is 37.8 Å². The fourth-order valence-corrected chi connectivity index (χ4v) is 2.29. The van der Waals surface area contributed by atoms with Crippen LogP contribution in [0.3, 0.4) is 0 Å². The SMILES string of the molecule is CCN(c1cccc(Cl)c1N)C(C)CN(C)C. The van der Waals surface area contributed by atoms with Crippen molar-refractivity contribution in [2.45, 2.75) is 19.9 Å². The maximum absolute atomic E-state index is 6.06. The number of likely N-dealkylation sites (N-methyl/N-ethyl adjacent to an activating group) is 2. The molecule has 4 heteroatoms. The van der Waals surface area contributed by atoms with Crippen molar-refractivity contribution < 1.29 is 0 Å². The van der Waals surface area contributed by atoms with Crippen LogP contribution >= 0.6 is 11.6 Å². The second-order valence-corrected chi connectivity index (χ2v) is 4.98. The second-order valence-electron chi connectivity index (χ2n) is 4.57. The smallest absolute Gasteiger partial charge is 0.0741 e. The van der Waals surface area contributed by atoms with Crippen molar-refractivity contribution in [3.05, 3.63) is 23.2 Å². The van der Waals surface area contributed by atoms with E-state index in [1.165, 1.54) is 0 Å². The van der Waals surface area contributed by atoms with Crippen LogP contribution in [-0.2, 0) is 0 Å². The zero-order valence-corrected chi connectivity index (χ0v) is 11.8. The molecule has 0 aliphatic carbocycles. The second kappa shape index (κ2) is 6.12. The first kappa shape index (κ1) is 14.1. The van der Waals surface area contributed by atoms with Gasteiger partial charge >= 0.3 is 0 Å². The minimum Gasteiger partial charge on any atom is -0.396 e. The number of nitrogen functional groups attached to an aromatic ring is 1. The van der Waals surface area contributed by atoms with Gasteiger partial charge in [0.05, 0.1) is 16.4 Å². The standard InChI is InChI=1S/C13H22ClN3/c1-5-17(10(2)9-16(3)4)12-8-6-7-11(14)13(12)15/h6-8,10H,5,9,15H2,1-4H3. The summed E-state index contributed by atoms with van der Waals surface area (Å²) < 4.78 is 0. The average molecular weight is 256 g/mol. The predicted molar refractivity (Wildman–Crippen MR) is 76.9 cm³/mol. The summed E-state index contributed by atoms with van der Waals surface area (Å²) in [6.07, 6.45) is 0. The summed E-state index contributed by atoms with van der Waals surface area (Å²) in [7, 11) is 4.15. The Morgan fingerprint density at radius 2 is 2.00 bits per heavy atom. The van der Waals surface area contributed by atoms with E-state index in [9.17, 15) is 0 Å². The minimum atomic E-state index is 0.399. The van der Waals surface area contributed by atoms with Gasteiger partial charge in [-0.05, 0) is 40.1 Å². The topological polar surface area (TPSA) is 32.5 Å². The van der Waals surface area contributed by atoms with Crippen LogP contribution in [0.2, 0.25) is 5.02 Å². The molecule has 0 aliphatic rings. The maximum Gasteiger partial charge on any atom is 0.0741 e. The molecule has 1 aromatic rings. The number of para-hydroxylation sites is 1. The summed E-state index contributed by atoms with van der Waals surface area (Å²) >= 11 is 6.06. The van der Waals surface area contributed by atoms with Crippen molar-refractivity contribution in [2.24, 2.45) is 0 Å². The number of rotatable bonds is 5. The molecule has 0 aliphatic heterocycles. The van der Waals surface area contributed by atoms with Gasteiger partial charge in [0.15, 0.2) is 0 Å². The predicted octanol–water partition coefficient (Wildman–Crippen LogP) is 2.70. The monoisotopic (exact) mass is 255 g/mol. The molecular formula is C13H22ClN3. The largest absolute Gasteiger partial charge is 0.396 e. The van der Waals surface area contributed by atoms with Gasteiger partial charge in [-0.2, -0.15) is 0 Å². The molecule has 0 amide bonds. The summed E-state index contributed by atoms with van der Waals surface area (Å²) in [5.74, 6) is 0. The highest BCUT2D eigenvalue weighted by molar-refractivity contribution is 6.33. The molecule has 0 fully saturated rings. The van der Waals surface area contributed by atoms with Gasteiger partial charge in [-0.1, -0.05) is 17.7 Å². The van der Waals surface area contributed by atoms with Crippen LogP contribution in [0.4, 0.5) is 11.4 Å². The molecule has 0 saturated carbocycles. The van der Waals surface area contributed by atoms with E-state index in [2.05, 4.69) is 37.7 Å². The minimum absolute atomic E-state index is 0.399. The zero-order valence-electron chi connectivity index (χ0n) is 11.1. The molecule has 0 spiro atoms. The number of anilines is 2. The van der Waals surface area contributed by atoms with Crippen LogP contribution in [0.25, 0.3) is 0 Å². The molecule has 2 N–H and O–H groups in total. The van der Waals surface area contributed by atoms with E-state index < -0.39 is 0 Å². The Hall–Kier alpha value is -0.930. The van der Waals surface area contributed by atoms with Crippen molar-refractivity contribution in [1.29, 1.82) is 0 Å². The van der Waals surface area contributed by atoms with E-state index >= 15 is 0 Å². The third kappa shape index (κ3) is 3.51. The van der Waals surface area contributed by atoms with Crippen LogP contribution in [0.1, 0.15) is 13.8 Å². The summed E-state index contributed by atoms with van der Waals surface area (Å²) in [4.78, 5) is 4.45. The van der Waals surface area contributed by atoms with Gasteiger partial charge in [0, 0.05) is 19.1 Å². The van der Waals surface area contributed by atoms with Crippen LogP contribution < -0.4 is 10.6 Å². The normalized spacial score (nSPS) is 12.8. The lowest BCUT2D eigenvalue weighted by atomic mass is 10.2. The third-order valence-corrected chi connectivity index (χ3v) is 3.17. The first-order chi connectivity index (χ1) is 7.97. The summed E-state index contributed by atoms with van der Waals surface area (Å²) in [5, 5.41) is 0.623. The number of halogens is 1. The Morgan fingerprint density at radius 1 is 1.35 bits per heavy atom. The molecule has 1 atom stereocenters. The molecule has 0 aromatic heterocycles. The Kier molecular flexibility index (Phi) is 5.09. The highest BCUT2D eigenvalue weighted by atomic mass is 35.5. The van der Waals surface area contributed by atoms with Gasteiger partial charge in [0.25, 0.3) is 0 Å². The lowest BCUT2D eigenvalue weighted by molar-refractivity contribution is 0.373. The van der Waals surface area contributed by atoms with E-state index in [1.54, 1.807) is 0 Å². The van der Waals surface area contributed by atoms with E-state index in [4.69, 9.17) is 17.3 Å². The van der Waals surface area contributed by atoms with Crippen molar-refractivity contribution in [1.82, 2.24) is 4.90 Å². The van der Waals surface area contributed by atoms with E-state index in [0.717, 1.165) is 18.8 Å². The van der Waals surface area contributed by atoms with Gasteiger partial charge in [0.2, 0.25) is 0 Å². The van der Waals surface area contributed by atoms with E-state index in [0.29, 0.717) is 16.8 Å². The fourth-order valence-electron chi connectivity index (χ4n) is 2.12. The molecule has 17 heavy (non-hydrogen) atoms. The van der Waals surface area contributed by atoms with E-state index in [1.807, 2.05) is 18.2 Å². The van der Waals surface area contributed by atoms with Gasteiger partial charge in [-0.3, -0.25) is 0 Å². The molecule has 1 rings (SSSR count). The summed E-state index contributed by atoms with van der Waals surface area (Å²) in [6, 6.07) is 6.19. The summed E-state index contributed by atoms with van der Waals surface area (Å²) in [6.45, 7) is 6.23. The molecule has 0 bridgehead atoms. The number of hydrogen-bond donors (Lipinski definition) is 1. The number of hydrogen-bond acceptors (Lipinski definition) is 3. The van der Waals surface area contributed by atoms with Gasteiger partial charge in [0.1, 0.15) is 0 Å². The highest BCUT2D eigenvalue weighted by Crippen LogP contribution is 2.31. The lowest BCUT2D eigenvalue weighted by Crippen LogP contribution is -2.40. The molecule has 0 radical (unpaired) electrons. The highest BCUT2D eigenvalue weighted by Gasteiger charge is 2.16. The Labute approximate surface area is 109 Å². The van der Waals surface area contributed by atoms with Crippen molar-refractivity contribution >= 4 is 23.0 Å². The lowest BCUT2D eigenvalue weighted by Gasteiger charge is -2.33. The molecule has 3 nitrogen and oxygen atoms in total. The van der Waals surface area contributed by atoms with Crippen LogP contribution in [0.5, 0.6) is 0 Å². The molecule has 0 saturated heterocycles. The molecular weight excluding hydrogens is 234 g/mol. The molecule has 1 aromatic carbocycles. The van der Waals surface area contributed by atoms with E-state index in [-0.39, 0.29) is 0 Å². The van der Waals surface area contributed by atoms with Crippen molar-refractivity contribution in [3.8, 4) is 0 Å². The Morgan fingerprint density at radius 3 is 2.53 bits per heavy atom. The third-order valence-electron chi connectivity index (χ3n) is 2.84. The Balaban J connectivity index is 2.97. The van der Waals surface area contributed by atoms with Gasteiger partial charge in [-0.25, -0.2) is 0 Å². The number of nitrogens with zero attached hydrogens (tertiary/aromatic N) is 2. The van der Waals surface area contributed by atoms with Gasteiger partial charge < -0.3 is 15.5 Å². The Bertz CT molecular complexity index is 366. The first-order valence-electron chi connectivity index (χ1n) is 5.92. The quantitative estimate of drug-likeness (QED) is 0.822. The van der Waals surface area contributed by atoms with Crippen LogP contribution in [0.15, 0.2) is 18.2 Å². The number of benzene rings is 1. The maximum atomic E-state index is 6.06. The molecule has 0 heterocycles. The number of nitrogens with two attached hydrogens (primary N) is 1. The zero-order chi connectivity index (χ0) is 13.0. The first-order valence-corrected chi connectivity index (χ1v) is 6.30. The molecule has 1 unspecified atom stereocenters. The van der Waals surface area contributed by atoms with Gasteiger partial charge in [-0.15, -0.1) is 0 Å². The van der Waals surface area contributed by atoms with Crippen LogP contribution in [0, 0.1) is 0 Å². The van der Waals surface area contributed by atoms with Crippen molar-refractivity contribution in [3.63, 3.8) is 0 Å². The molecule has 96 valence electrons. The summed E-state index contributed by atoms with van der Waals surface area (Å²) in [5.41, 5.74) is 7.73.